The van der Waals surface area contributed by atoms with Gasteiger partial charge in [-0.1, -0.05) is 6.07 Å². The summed E-state index contributed by atoms with van der Waals surface area (Å²) in [5, 5.41) is 11.7. The summed E-state index contributed by atoms with van der Waals surface area (Å²) in [6.45, 7) is -1.30. The number of hydrogen-bond acceptors (Lipinski definition) is 7. The predicted molar refractivity (Wildman–Crippen MR) is 131 cm³/mol. The van der Waals surface area contributed by atoms with Gasteiger partial charge in [-0.25, -0.2) is 18.6 Å². The van der Waals surface area contributed by atoms with E-state index in [0.717, 1.165) is 25.0 Å². The van der Waals surface area contributed by atoms with Crippen molar-refractivity contribution in [1.82, 2.24) is 10.3 Å². The molecule has 4 N–H and O–H groups in total. The Morgan fingerprint density at radius 3 is 2.49 bits per heavy atom. The molecule has 1 aliphatic carbocycles. The van der Waals surface area contributed by atoms with E-state index in [-0.39, 0.29) is 46.8 Å². The van der Waals surface area contributed by atoms with Gasteiger partial charge < -0.3 is 30.0 Å². The minimum Gasteiger partial charge on any atom is -0.489 e. The number of alkyl halides is 2. The smallest absolute Gasteiger partial charge is 0.387 e. The van der Waals surface area contributed by atoms with Gasteiger partial charge in [0.25, 0.3) is 5.91 Å². The lowest BCUT2D eigenvalue weighted by Gasteiger charge is -2.15. The Kier molecular flexibility index (Phi) is 9.41. The highest BCUT2D eigenvalue weighted by Crippen LogP contribution is 2.37. The molecule has 9 nitrogen and oxygen atoms in total. The number of carbonyl (C=O) groups excluding carboxylic acids is 1. The first-order chi connectivity index (χ1) is 18.0. The van der Waals surface area contributed by atoms with E-state index in [1.54, 1.807) is 0 Å². The van der Waals surface area contributed by atoms with Gasteiger partial charge in [0, 0.05) is 17.2 Å². The molecular weight excluding hydrogens is 550 g/mol. The molecular formula is C25H24ClF4N3O6. The van der Waals surface area contributed by atoms with Crippen LogP contribution in [-0.4, -0.2) is 35.2 Å². The van der Waals surface area contributed by atoms with E-state index in [4.69, 9.17) is 14.9 Å². The zero-order valence-corrected chi connectivity index (χ0v) is 21.1. The van der Waals surface area contributed by atoms with Crippen LogP contribution in [-0.2, 0) is 4.79 Å². The number of rotatable bonds is 11. The quantitative estimate of drug-likeness (QED) is 0.272. The molecule has 14 heteroatoms. The number of halogens is 5. The predicted octanol–water partition coefficient (Wildman–Crippen LogP) is 5.01. The normalized spacial score (nSPS) is 14.3. The van der Waals surface area contributed by atoms with Crippen molar-refractivity contribution < 1.29 is 46.1 Å². The van der Waals surface area contributed by atoms with Crippen LogP contribution in [0.15, 0.2) is 40.8 Å². The molecule has 0 aliphatic heterocycles. The summed E-state index contributed by atoms with van der Waals surface area (Å²) in [6, 6.07) is 3.43. The highest BCUT2D eigenvalue weighted by Gasteiger charge is 2.30. The van der Waals surface area contributed by atoms with E-state index >= 15 is 0 Å². The van der Waals surface area contributed by atoms with Gasteiger partial charge in [0.05, 0.1) is 12.6 Å². The number of amides is 1. The Balaban J connectivity index is 0.00000420. The maximum atomic E-state index is 14.2. The van der Waals surface area contributed by atoms with E-state index in [9.17, 15) is 32.3 Å². The van der Waals surface area contributed by atoms with Gasteiger partial charge in [0.1, 0.15) is 11.6 Å². The van der Waals surface area contributed by atoms with Gasteiger partial charge in [0.15, 0.2) is 29.0 Å². The zero-order valence-electron chi connectivity index (χ0n) is 20.3. The van der Waals surface area contributed by atoms with Crippen molar-refractivity contribution in [3.63, 3.8) is 0 Å². The SMILES string of the molecule is CC(N)c1oc(-c2ccc(OC(F)F)c(OCC3CC3)c2)nc1C(=O)NC(C(=O)O)c1ccc(F)cc1F.Cl. The van der Waals surface area contributed by atoms with Crippen LogP contribution in [0.4, 0.5) is 17.6 Å². The third kappa shape index (κ3) is 7.18. The summed E-state index contributed by atoms with van der Waals surface area (Å²) < 4.78 is 69.0. The van der Waals surface area contributed by atoms with Crippen molar-refractivity contribution in [2.24, 2.45) is 11.7 Å². The van der Waals surface area contributed by atoms with Crippen LogP contribution in [0.5, 0.6) is 11.5 Å². The number of nitrogens with zero attached hydrogens (tertiary/aromatic N) is 1. The monoisotopic (exact) mass is 573 g/mol. The minimum atomic E-state index is -3.08. The van der Waals surface area contributed by atoms with E-state index < -0.39 is 47.8 Å². The minimum absolute atomic E-state index is 0. The molecule has 1 aromatic heterocycles. The number of carboxylic acids is 1. The molecule has 0 spiro atoms. The van der Waals surface area contributed by atoms with Crippen molar-refractivity contribution in [3.8, 4) is 23.0 Å². The number of aromatic nitrogens is 1. The summed E-state index contributed by atoms with van der Waals surface area (Å²) in [5.74, 6) is -4.88. The molecule has 3 aromatic rings. The number of hydrogen-bond donors (Lipinski definition) is 3. The number of aliphatic carboxylic acids is 1. The molecule has 1 fully saturated rings. The number of ether oxygens (including phenoxy) is 2. The summed E-state index contributed by atoms with van der Waals surface area (Å²) in [4.78, 5) is 29.0. The topological polar surface area (TPSA) is 137 Å². The van der Waals surface area contributed by atoms with Gasteiger partial charge in [-0.05, 0) is 49.9 Å². The van der Waals surface area contributed by atoms with Crippen molar-refractivity contribution in [3.05, 3.63) is 65.1 Å². The van der Waals surface area contributed by atoms with E-state index in [1.165, 1.54) is 25.1 Å². The summed E-state index contributed by atoms with van der Waals surface area (Å²) >= 11 is 0. The van der Waals surface area contributed by atoms with E-state index in [1.807, 2.05) is 0 Å². The fourth-order valence-electron chi connectivity index (χ4n) is 3.57. The molecule has 1 saturated carbocycles. The molecule has 2 aromatic carbocycles. The van der Waals surface area contributed by atoms with Crippen LogP contribution in [0.2, 0.25) is 0 Å². The van der Waals surface area contributed by atoms with Crippen molar-refractivity contribution in [2.75, 3.05) is 6.61 Å². The van der Waals surface area contributed by atoms with Crippen LogP contribution in [0, 0.1) is 17.6 Å². The Hall–Kier alpha value is -3.84. The number of benzene rings is 2. The Bertz CT molecular complexity index is 1350. The van der Waals surface area contributed by atoms with Gasteiger partial charge in [-0.3, -0.25) is 4.79 Å². The number of carbonyl (C=O) groups is 2. The van der Waals surface area contributed by atoms with Crippen LogP contribution in [0.3, 0.4) is 0 Å². The highest BCUT2D eigenvalue weighted by atomic mass is 35.5. The number of nitrogens with one attached hydrogen (secondary N) is 1. The second-order valence-corrected chi connectivity index (χ2v) is 8.73. The first-order valence-corrected chi connectivity index (χ1v) is 11.5. The molecule has 1 aliphatic rings. The Morgan fingerprint density at radius 1 is 1.18 bits per heavy atom. The van der Waals surface area contributed by atoms with Crippen molar-refractivity contribution in [1.29, 1.82) is 0 Å². The fraction of sp³-hybridized carbons (Fsp3) is 0.320. The molecule has 0 saturated heterocycles. The average Bonchev–Trinajstić information content (AvgIpc) is 3.56. The largest absolute Gasteiger partial charge is 0.489 e. The van der Waals surface area contributed by atoms with Gasteiger partial charge in [0.2, 0.25) is 5.89 Å². The van der Waals surface area contributed by atoms with E-state index in [0.29, 0.717) is 18.6 Å². The Morgan fingerprint density at radius 2 is 1.90 bits per heavy atom. The first-order valence-electron chi connectivity index (χ1n) is 11.5. The maximum Gasteiger partial charge on any atom is 0.387 e. The molecule has 210 valence electrons. The fourth-order valence-corrected chi connectivity index (χ4v) is 3.57. The highest BCUT2D eigenvalue weighted by molar-refractivity contribution is 5.96. The summed E-state index contributed by atoms with van der Waals surface area (Å²) in [6.07, 6.45) is 1.92. The van der Waals surface area contributed by atoms with E-state index in [2.05, 4.69) is 15.0 Å². The zero-order chi connectivity index (χ0) is 27.6. The number of nitrogens with two attached hydrogens (primary N) is 1. The van der Waals surface area contributed by atoms with Crippen LogP contribution in [0.1, 0.15) is 53.7 Å². The second kappa shape index (κ2) is 12.3. The van der Waals surface area contributed by atoms with Gasteiger partial charge in [-0.15, -0.1) is 12.4 Å². The molecule has 4 rings (SSSR count). The van der Waals surface area contributed by atoms with Crippen LogP contribution < -0.4 is 20.5 Å². The molecule has 1 amide bonds. The third-order valence-corrected chi connectivity index (χ3v) is 5.66. The summed E-state index contributed by atoms with van der Waals surface area (Å²) in [5.41, 5.74) is 5.30. The lowest BCUT2D eigenvalue weighted by atomic mass is 10.1. The third-order valence-electron chi connectivity index (χ3n) is 5.66. The van der Waals surface area contributed by atoms with Crippen molar-refractivity contribution >= 4 is 24.3 Å². The number of oxazole rings is 1. The van der Waals surface area contributed by atoms with Crippen LogP contribution in [0.25, 0.3) is 11.5 Å². The molecule has 39 heavy (non-hydrogen) atoms. The summed E-state index contributed by atoms with van der Waals surface area (Å²) in [7, 11) is 0. The standard InChI is InChI=1S/C25H23F4N3O6.ClH/c1-11(30)21-20(22(33)31-19(24(34)35)15-6-5-14(26)9-16(15)27)32-23(38-21)13-4-7-17(37-25(28)29)18(8-13)36-10-12-2-3-12;/h4-9,11-12,19,25H,2-3,10,30H2,1H3,(H,31,33)(H,34,35);1H. The lowest BCUT2D eigenvalue weighted by Crippen LogP contribution is -2.35. The van der Waals surface area contributed by atoms with Crippen molar-refractivity contribution in [2.45, 2.75) is 38.5 Å². The van der Waals surface area contributed by atoms with Gasteiger partial charge >= 0.3 is 12.6 Å². The van der Waals surface area contributed by atoms with Crippen LogP contribution >= 0.6 is 12.4 Å². The number of carboxylic acid groups (broad SMARTS) is 1. The maximum absolute atomic E-state index is 14.2. The molecule has 2 unspecified atom stereocenters. The Labute approximate surface area is 225 Å². The van der Waals surface area contributed by atoms with Gasteiger partial charge in [-0.2, -0.15) is 8.78 Å². The lowest BCUT2D eigenvalue weighted by molar-refractivity contribution is -0.139. The first kappa shape index (κ1) is 29.7. The molecule has 1 heterocycles. The molecule has 2 atom stereocenters. The average molecular weight is 574 g/mol. The molecule has 0 bridgehead atoms. The second-order valence-electron chi connectivity index (χ2n) is 8.73. The molecule has 0 radical (unpaired) electrons.